The maximum Gasteiger partial charge on any atom is 0.100 e. The monoisotopic (exact) mass is 206 g/mol. The maximum absolute atomic E-state index is 8.90. The molecule has 5 nitrogen and oxygen atoms in total. The summed E-state index contributed by atoms with van der Waals surface area (Å²) in [6.45, 7) is 0.541. The topological polar surface area (TPSA) is 74.7 Å². The first kappa shape index (κ1) is 10.1. The minimum Gasteiger partial charge on any atom is -0.394 e. The molecule has 0 bridgehead atoms. The van der Waals surface area contributed by atoms with Crippen molar-refractivity contribution in [1.29, 1.82) is 5.26 Å². The van der Waals surface area contributed by atoms with Crippen LogP contribution >= 0.6 is 0 Å². The maximum atomic E-state index is 8.90. The minimum absolute atomic E-state index is 0.0646. The van der Waals surface area contributed by atoms with Crippen LogP contribution in [0.4, 0.5) is 0 Å². The lowest BCUT2D eigenvalue weighted by Gasteiger charge is -2.26. The van der Waals surface area contributed by atoms with Crippen LogP contribution in [0.5, 0.6) is 0 Å². The van der Waals surface area contributed by atoms with E-state index in [1.54, 1.807) is 4.68 Å². The lowest BCUT2D eigenvalue weighted by Crippen LogP contribution is -2.18. The fourth-order valence-electron chi connectivity index (χ4n) is 1.95. The molecule has 1 saturated carbocycles. The number of hydrogen-bond donors (Lipinski definition) is 1. The van der Waals surface area contributed by atoms with Gasteiger partial charge < -0.3 is 5.11 Å². The van der Waals surface area contributed by atoms with Crippen molar-refractivity contribution < 1.29 is 5.11 Å². The Morgan fingerprint density at radius 2 is 2.33 bits per heavy atom. The van der Waals surface area contributed by atoms with Gasteiger partial charge in [0.2, 0.25) is 0 Å². The fraction of sp³-hybridized carbons (Fsp3) is 0.700. The zero-order valence-corrected chi connectivity index (χ0v) is 8.56. The quantitative estimate of drug-likeness (QED) is 0.783. The van der Waals surface area contributed by atoms with Gasteiger partial charge >= 0.3 is 0 Å². The first-order valence-corrected chi connectivity index (χ1v) is 5.27. The lowest BCUT2D eigenvalue weighted by atomic mass is 9.81. The molecule has 0 amide bonds. The third-order valence-corrected chi connectivity index (χ3v) is 2.90. The molecule has 0 radical (unpaired) electrons. The molecule has 2 rings (SSSR count). The number of rotatable bonds is 4. The first-order chi connectivity index (χ1) is 7.36. The number of hydrogen-bond acceptors (Lipinski definition) is 4. The van der Waals surface area contributed by atoms with Crippen molar-refractivity contribution in [3.05, 3.63) is 11.4 Å². The third kappa shape index (κ3) is 1.85. The van der Waals surface area contributed by atoms with Crippen LogP contribution in [0.25, 0.3) is 0 Å². The van der Waals surface area contributed by atoms with Crippen molar-refractivity contribution in [2.75, 3.05) is 6.61 Å². The van der Waals surface area contributed by atoms with Gasteiger partial charge in [0.05, 0.1) is 31.3 Å². The molecule has 15 heavy (non-hydrogen) atoms. The zero-order chi connectivity index (χ0) is 10.7. The highest BCUT2D eigenvalue weighted by Gasteiger charge is 2.27. The van der Waals surface area contributed by atoms with Crippen molar-refractivity contribution in [3.63, 3.8) is 0 Å². The third-order valence-electron chi connectivity index (χ3n) is 2.90. The minimum atomic E-state index is 0.0646. The molecule has 0 saturated heterocycles. The van der Waals surface area contributed by atoms with E-state index in [-0.39, 0.29) is 6.61 Å². The van der Waals surface area contributed by atoms with E-state index in [9.17, 15) is 0 Å². The van der Waals surface area contributed by atoms with Crippen LogP contribution in [0.15, 0.2) is 0 Å². The summed E-state index contributed by atoms with van der Waals surface area (Å²) in [5.41, 5.74) is 1.85. The molecule has 1 N–H and O–H groups in total. The standard InChI is InChI=1S/C10H14N4O/c11-5-4-9-10(8-2-1-3-8)14(6-7-15)13-12-9/h8,15H,1-4,6-7H2. The van der Waals surface area contributed by atoms with Gasteiger partial charge in [0.15, 0.2) is 0 Å². The molecule has 1 aromatic heterocycles. The summed E-state index contributed by atoms with van der Waals surface area (Å²) in [7, 11) is 0. The molecular formula is C10H14N4O. The van der Waals surface area contributed by atoms with Gasteiger partial charge in [-0.1, -0.05) is 11.6 Å². The van der Waals surface area contributed by atoms with Crippen LogP contribution in [0.2, 0.25) is 0 Å². The van der Waals surface area contributed by atoms with Crippen molar-refractivity contribution >= 4 is 0 Å². The molecule has 1 aliphatic carbocycles. The first-order valence-electron chi connectivity index (χ1n) is 5.27. The Morgan fingerprint density at radius 1 is 1.53 bits per heavy atom. The molecule has 0 aromatic carbocycles. The van der Waals surface area contributed by atoms with Gasteiger partial charge in [-0.15, -0.1) is 5.10 Å². The molecule has 0 atom stereocenters. The van der Waals surface area contributed by atoms with Gasteiger partial charge in [0.1, 0.15) is 5.69 Å². The average Bonchev–Trinajstić information content (AvgIpc) is 2.50. The summed E-state index contributed by atoms with van der Waals surface area (Å²) in [6, 6.07) is 2.10. The van der Waals surface area contributed by atoms with E-state index >= 15 is 0 Å². The summed E-state index contributed by atoms with van der Waals surface area (Å²) < 4.78 is 1.75. The number of nitrogens with zero attached hydrogens (tertiary/aromatic N) is 4. The Bertz CT molecular complexity index is 375. The number of aromatic nitrogens is 3. The largest absolute Gasteiger partial charge is 0.394 e. The van der Waals surface area contributed by atoms with Gasteiger partial charge in [-0.3, -0.25) is 0 Å². The molecule has 0 unspecified atom stereocenters. The van der Waals surface area contributed by atoms with E-state index < -0.39 is 0 Å². The van der Waals surface area contributed by atoms with E-state index in [1.807, 2.05) is 0 Å². The van der Waals surface area contributed by atoms with E-state index in [4.69, 9.17) is 10.4 Å². The summed E-state index contributed by atoms with van der Waals surface area (Å²) in [5, 5.41) is 25.6. The fourth-order valence-corrected chi connectivity index (χ4v) is 1.95. The highest BCUT2D eigenvalue weighted by Crippen LogP contribution is 2.37. The molecular weight excluding hydrogens is 192 g/mol. The number of aliphatic hydroxyl groups excluding tert-OH is 1. The summed E-state index contributed by atoms with van der Waals surface area (Å²) >= 11 is 0. The summed E-state index contributed by atoms with van der Waals surface area (Å²) in [6.07, 6.45) is 3.85. The second kappa shape index (κ2) is 4.41. The Kier molecular flexibility index (Phi) is 2.97. The zero-order valence-electron chi connectivity index (χ0n) is 8.56. The molecule has 80 valence electrons. The van der Waals surface area contributed by atoms with Crippen molar-refractivity contribution in [3.8, 4) is 6.07 Å². The van der Waals surface area contributed by atoms with Crippen molar-refractivity contribution in [2.24, 2.45) is 0 Å². The Balaban J connectivity index is 2.26. The molecule has 5 heteroatoms. The molecule has 1 aromatic rings. The second-order valence-electron chi connectivity index (χ2n) is 3.83. The normalized spacial score (nSPS) is 16.0. The molecule has 0 spiro atoms. The number of aliphatic hydroxyl groups is 1. The Labute approximate surface area is 88.3 Å². The second-order valence-corrected chi connectivity index (χ2v) is 3.83. The summed E-state index contributed by atoms with van der Waals surface area (Å²) in [4.78, 5) is 0. The van der Waals surface area contributed by atoms with E-state index in [2.05, 4.69) is 16.4 Å². The van der Waals surface area contributed by atoms with Crippen LogP contribution in [-0.2, 0) is 13.0 Å². The van der Waals surface area contributed by atoms with E-state index in [0.717, 1.165) is 24.2 Å². The molecule has 1 fully saturated rings. The smallest absolute Gasteiger partial charge is 0.100 e. The van der Waals surface area contributed by atoms with Gasteiger partial charge in [0.25, 0.3) is 0 Å². The van der Waals surface area contributed by atoms with Crippen LogP contribution in [0.3, 0.4) is 0 Å². The molecule has 1 aliphatic rings. The Morgan fingerprint density at radius 3 is 2.87 bits per heavy atom. The van der Waals surface area contributed by atoms with Gasteiger partial charge in [-0.2, -0.15) is 5.26 Å². The van der Waals surface area contributed by atoms with Crippen LogP contribution < -0.4 is 0 Å². The van der Waals surface area contributed by atoms with Gasteiger partial charge in [0, 0.05) is 5.92 Å². The van der Waals surface area contributed by atoms with E-state index in [0.29, 0.717) is 18.9 Å². The van der Waals surface area contributed by atoms with Crippen LogP contribution in [0, 0.1) is 11.3 Å². The van der Waals surface area contributed by atoms with Gasteiger partial charge in [-0.25, -0.2) is 4.68 Å². The van der Waals surface area contributed by atoms with Crippen molar-refractivity contribution in [1.82, 2.24) is 15.0 Å². The SMILES string of the molecule is N#CCc1nnn(CCO)c1C1CCC1. The van der Waals surface area contributed by atoms with Crippen molar-refractivity contribution in [2.45, 2.75) is 38.1 Å². The number of nitriles is 1. The van der Waals surface area contributed by atoms with E-state index in [1.165, 1.54) is 6.42 Å². The lowest BCUT2D eigenvalue weighted by molar-refractivity contribution is 0.260. The van der Waals surface area contributed by atoms with Gasteiger partial charge in [-0.05, 0) is 12.8 Å². The molecule has 1 heterocycles. The summed E-state index contributed by atoms with van der Waals surface area (Å²) in [5.74, 6) is 0.495. The highest BCUT2D eigenvalue weighted by atomic mass is 16.3. The predicted octanol–water partition coefficient (Wildman–Crippen LogP) is 0.604. The average molecular weight is 206 g/mol. The predicted molar refractivity (Wildman–Crippen MR) is 53.0 cm³/mol. The Hall–Kier alpha value is -1.41. The van der Waals surface area contributed by atoms with Crippen LogP contribution in [0.1, 0.15) is 36.6 Å². The highest BCUT2D eigenvalue weighted by molar-refractivity contribution is 5.20. The van der Waals surface area contributed by atoms with Crippen LogP contribution in [-0.4, -0.2) is 26.7 Å². The molecule has 0 aliphatic heterocycles.